The molecule has 1 aromatic carbocycles. The van der Waals surface area contributed by atoms with Crippen molar-refractivity contribution in [2.75, 3.05) is 13.2 Å². The van der Waals surface area contributed by atoms with Gasteiger partial charge in [-0.1, -0.05) is 25.0 Å². The first-order valence-electron chi connectivity index (χ1n) is 13.3. The van der Waals surface area contributed by atoms with Gasteiger partial charge in [-0.15, -0.1) is 0 Å². The van der Waals surface area contributed by atoms with Gasteiger partial charge >= 0.3 is 0 Å². The van der Waals surface area contributed by atoms with Gasteiger partial charge in [0.2, 0.25) is 0 Å². The van der Waals surface area contributed by atoms with Gasteiger partial charge < -0.3 is 33.2 Å². The topological polar surface area (TPSA) is 64.6 Å². The molecule has 7 heteroatoms. The average molecular weight is 475 g/mol. The smallest absolute Gasteiger partial charge is 0.190 e. The van der Waals surface area contributed by atoms with Crippen LogP contribution in [0.25, 0.3) is 0 Å². The zero-order chi connectivity index (χ0) is 23.0. The Bertz CT molecular complexity index is 815. The molecule has 6 rings (SSSR count). The first kappa shape index (κ1) is 23.2. The molecular formula is C27H38O7. The summed E-state index contributed by atoms with van der Waals surface area (Å²) in [6.45, 7) is 3.58. The van der Waals surface area contributed by atoms with Gasteiger partial charge in [-0.25, -0.2) is 0 Å². The van der Waals surface area contributed by atoms with Crippen LogP contribution in [0.5, 0.6) is 5.75 Å². The fourth-order valence-corrected chi connectivity index (χ4v) is 6.31. The maximum Gasteiger partial charge on any atom is 0.190 e. The second-order valence-electron chi connectivity index (χ2n) is 10.4. The van der Waals surface area contributed by atoms with Crippen molar-refractivity contribution >= 4 is 0 Å². The van der Waals surface area contributed by atoms with Crippen molar-refractivity contribution in [1.29, 1.82) is 0 Å². The second kappa shape index (κ2) is 9.68. The van der Waals surface area contributed by atoms with Crippen molar-refractivity contribution in [3.63, 3.8) is 0 Å². The Labute approximate surface area is 202 Å². The largest absolute Gasteiger partial charge is 0.494 e. The number of rotatable bonds is 6. The van der Waals surface area contributed by atoms with E-state index in [0.29, 0.717) is 19.8 Å². The standard InChI is InChI=1S/C27H38O7/c1-2-29-20-11-9-19(10-12-20)17-28-18-21-22-23(32-26(31-22)13-5-3-6-14-26)24-25(30-21)34-27(33-24)15-7-4-8-16-27/h9-12,21-25H,2-8,13-18H2,1H3/t21-,22+,23+,24-,25-/m1/s1. The highest BCUT2D eigenvalue weighted by molar-refractivity contribution is 5.26. The Morgan fingerprint density at radius 2 is 1.38 bits per heavy atom. The molecule has 1 aromatic rings. The summed E-state index contributed by atoms with van der Waals surface area (Å²) in [6.07, 6.45) is 9.40. The molecule has 5 fully saturated rings. The van der Waals surface area contributed by atoms with Crippen LogP contribution in [0, 0.1) is 0 Å². The molecule has 3 aliphatic heterocycles. The predicted octanol–water partition coefficient (Wildman–Crippen LogP) is 4.85. The molecule has 0 radical (unpaired) electrons. The van der Waals surface area contributed by atoms with Crippen molar-refractivity contribution in [3.8, 4) is 5.75 Å². The minimum Gasteiger partial charge on any atom is -0.494 e. The van der Waals surface area contributed by atoms with Crippen LogP contribution in [0.4, 0.5) is 0 Å². The summed E-state index contributed by atoms with van der Waals surface area (Å²) in [7, 11) is 0. The minimum atomic E-state index is -0.526. The summed E-state index contributed by atoms with van der Waals surface area (Å²) >= 11 is 0. The van der Waals surface area contributed by atoms with E-state index >= 15 is 0 Å². The van der Waals surface area contributed by atoms with Crippen molar-refractivity contribution in [2.24, 2.45) is 0 Å². The van der Waals surface area contributed by atoms with Crippen LogP contribution in [0.15, 0.2) is 24.3 Å². The highest BCUT2D eigenvalue weighted by atomic mass is 16.9. The molecule has 34 heavy (non-hydrogen) atoms. The molecular weight excluding hydrogens is 436 g/mol. The van der Waals surface area contributed by atoms with Crippen LogP contribution in [-0.2, 0) is 35.0 Å². The summed E-state index contributed by atoms with van der Waals surface area (Å²) in [4.78, 5) is 0. The Kier molecular flexibility index (Phi) is 6.60. The van der Waals surface area contributed by atoms with Gasteiger partial charge in [0.1, 0.15) is 30.2 Å². The van der Waals surface area contributed by atoms with Gasteiger partial charge in [-0.3, -0.25) is 0 Å². The lowest BCUT2D eigenvalue weighted by atomic mass is 9.94. The third-order valence-corrected chi connectivity index (χ3v) is 7.99. The van der Waals surface area contributed by atoms with Crippen LogP contribution in [0.1, 0.15) is 76.7 Å². The summed E-state index contributed by atoms with van der Waals surface area (Å²) in [5.41, 5.74) is 1.10. The fraction of sp³-hybridized carbons (Fsp3) is 0.778. The zero-order valence-electron chi connectivity index (χ0n) is 20.2. The zero-order valence-corrected chi connectivity index (χ0v) is 20.2. The Balaban J connectivity index is 1.15. The van der Waals surface area contributed by atoms with Gasteiger partial charge in [0, 0.05) is 25.7 Å². The molecule has 5 aliphatic rings. The monoisotopic (exact) mass is 474 g/mol. The predicted molar refractivity (Wildman–Crippen MR) is 123 cm³/mol. The number of benzene rings is 1. The molecule has 2 aliphatic carbocycles. The number of hydrogen-bond acceptors (Lipinski definition) is 7. The van der Waals surface area contributed by atoms with Crippen LogP contribution in [0.2, 0.25) is 0 Å². The van der Waals surface area contributed by atoms with Crippen LogP contribution in [-0.4, -0.2) is 55.5 Å². The third-order valence-electron chi connectivity index (χ3n) is 7.99. The normalized spacial score (nSPS) is 35.9. The van der Waals surface area contributed by atoms with Gasteiger partial charge in [-0.05, 0) is 50.3 Å². The first-order chi connectivity index (χ1) is 16.7. The summed E-state index contributed by atoms with van der Waals surface area (Å²) in [5.74, 6) is -0.160. The molecule has 0 unspecified atom stereocenters. The highest BCUT2D eigenvalue weighted by Crippen LogP contribution is 2.50. The van der Waals surface area contributed by atoms with Crippen LogP contribution in [0.3, 0.4) is 0 Å². The lowest BCUT2D eigenvalue weighted by Crippen LogP contribution is -2.56. The molecule has 2 spiro atoms. The molecule has 5 atom stereocenters. The lowest BCUT2D eigenvalue weighted by Gasteiger charge is -2.37. The summed E-state index contributed by atoms with van der Waals surface area (Å²) in [5, 5.41) is 0. The number of hydrogen-bond donors (Lipinski definition) is 0. The maximum atomic E-state index is 6.70. The minimum absolute atomic E-state index is 0.183. The third kappa shape index (κ3) is 4.51. The van der Waals surface area contributed by atoms with E-state index in [0.717, 1.165) is 62.7 Å². The molecule has 0 N–H and O–H groups in total. The SMILES string of the molecule is CCOc1ccc(COC[C@H]2O[C@@H]3OC4(CCCCC4)O[C@@H]3[C@H]3OC4(CCCCC4)O[C@H]32)cc1. The van der Waals surface area contributed by atoms with Gasteiger partial charge in [-0.2, -0.15) is 0 Å². The van der Waals surface area contributed by atoms with E-state index in [-0.39, 0.29) is 24.4 Å². The summed E-state index contributed by atoms with van der Waals surface area (Å²) < 4.78 is 44.5. The average Bonchev–Trinajstić information content (AvgIpc) is 3.39. The highest BCUT2D eigenvalue weighted by Gasteiger charge is 2.63. The van der Waals surface area contributed by atoms with E-state index in [1.165, 1.54) is 12.8 Å². The van der Waals surface area contributed by atoms with Crippen molar-refractivity contribution < 1.29 is 33.2 Å². The van der Waals surface area contributed by atoms with Crippen LogP contribution >= 0.6 is 0 Å². The van der Waals surface area contributed by atoms with Gasteiger partial charge in [0.15, 0.2) is 17.9 Å². The van der Waals surface area contributed by atoms with E-state index in [9.17, 15) is 0 Å². The van der Waals surface area contributed by atoms with E-state index in [1.54, 1.807) is 0 Å². The van der Waals surface area contributed by atoms with Crippen molar-refractivity contribution in [1.82, 2.24) is 0 Å². The first-order valence-corrected chi connectivity index (χ1v) is 13.3. The maximum absolute atomic E-state index is 6.70. The number of ether oxygens (including phenoxy) is 7. The molecule has 3 saturated heterocycles. The van der Waals surface area contributed by atoms with Gasteiger partial charge in [0.05, 0.1) is 19.8 Å². The van der Waals surface area contributed by atoms with E-state index in [2.05, 4.69) is 0 Å². The molecule has 0 aromatic heterocycles. The van der Waals surface area contributed by atoms with Crippen molar-refractivity contribution in [2.45, 2.75) is 120 Å². The Morgan fingerprint density at radius 1 is 0.765 bits per heavy atom. The molecule has 7 nitrogen and oxygen atoms in total. The molecule has 2 saturated carbocycles. The molecule has 0 bridgehead atoms. The van der Waals surface area contributed by atoms with E-state index in [1.807, 2.05) is 31.2 Å². The Morgan fingerprint density at radius 3 is 2.06 bits per heavy atom. The van der Waals surface area contributed by atoms with Crippen LogP contribution < -0.4 is 4.74 Å². The van der Waals surface area contributed by atoms with Crippen molar-refractivity contribution in [3.05, 3.63) is 29.8 Å². The number of fused-ring (bicyclic) bond motifs is 3. The van der Waals surface area contributed by atoms with Gasteiger partial charge in [0.25, 0.3) is 0 Å². The molecule has 188 valence electrons. The summed E-state index contributed by atoms with van der Waals surface area (Å²) in [6, 6.07) is 8.04. The Hall–Kier alpha value is -1.22. The molecule has 0 amide bonds. The fourth-order valence-electron chi connectivity index (χ4n) is 6.31. The molecule has 3 heterocycles. The lowest BCUT2D eigenvalue weighted by molar-refractivity contribution is -0.256. The quantitative estimate of drug-likeness (QED) is 0.584. The van der Waals surface area contributed by atoms with E-state index in [4.69, 9.17) is 33.2 Å². The van der Waals surface area contributed by atoms with E-state index < -0.39 is 17.9 Å². The second-order valence-corrected chi connectivity index (χ2v) is 10.4.